The minimum atomic E-state index is -0.347. The van der Waals surface area contributed by atoms with Gasteiger partial charge in [-0.3, -0.25) is 4.79 Å². The van der Waals surface area contributed by atoms with E-state index in [0.717, 1.165) is 11.3 Å². The third-order valence-corrected chi connectivity index (χ3v) is 3.17. The maximum atomic E-state index is 12.7. The van der Waals surface area contributed by atoms with Gasteiger partial charge < -0.3 is 15.0 Å². The Morgan fingerprint density at radius 3 is 2.42 bits per heavy atom. The summed E-state index contributed by atoms with van der Waals surface area (Å²) in [6.07, 6.45) is 0. The van der Waals surface area contributed by atoms with E-state index >= 15 is 0 Å². The lowest BCUT2D eigenvalue weighted by atomic mass is 10.2. The summed E-state index contributed by atoms with van der Waals surface area (Å²) in [5.74, 6) is 5.68. The number of nitrogens with zero attached hydrogens (tertiary/aromatic N) is 1. The van der Waals surface area contributed by atoms with Crippen molar-refractivity contribution in [3.05, 3.63) is 59.9 Å². The van der Waals surface area contributed by atoms with Crippen LogP contribution in [0, 0.1) is 17.7 Å². The van der Waals surface area contributed by atoms with Gasteiger partial charge in [0.25, 0.3) is 5.91 Å². The van der Waals surface area contributed by atoms with E-state index in [9.17, 15) is 9.18 Å². The Bertz CT molecular complexity index is 729. The molecule has 0 bridgehead atoms. The summed E-state index contributed by atoms with van der Waals surface area (Å²) < 4.78 is 18.0. The van der Waals surface area contributed by atoms with Gasteiger partial charge in [0.05, 0.1) is 6.54 Å². The van der Waals surface area contributed by atoms with E-state index in [1.807, 2.05) is 43.3 Å². The predicted octanol–water partition coefficient (Wildman–Crippen LogP) is 2.44. The number of halogens is 1. The van der Waals surface area contributed by atoms with Crippen molar-refractivity contribution >= 4 is 11.6 Å². The largest absolute Gasteiger partial charge is 0.484 e. The molecule has 124 valence electrons. The Kier molecular flexibility index (Phi) is 6.21. The molecule has 0 spiro atoms. The Labute approximate surface area is 141 Å². The highest BCUT2D eigenvalue weighted by molar-refractivity contribution is 5.77. The van der Waals surface area contributed by atoms with Crippen molar-refractivity contribution in [3.8, 4) is 17.6 Å². The van der Waals surface area contributed by atoms with Crippen LogP contribution in [-0.4, -0.2) is 33.2 Å². The van der Waals surface area contributed by atoms with Gasteiger partial charge in [0.1, 0.15) is 11.6 Å². The molecular formula is C19H19FN2O2. The second-order valence-corrected chi connectivity index (χ2v) is 5.26. The number of ether oxygens (including phenoxy) is 1. The van der Waals surface area contributed by atoms with Gasteiger partial charge in [0.15, 0.2) is 6.61 Å². The van der Waals surface area contributed by atoms with Crippen molar-refractivity contribution in [1.82, 2.24) is 5.32 Å². The average Bonchev–Trinajstić information content (AvgIpc) is 2.58. The monoisotopic (exact) mass is 326 g/mol. The van der Waals surface area contributed by atoms with Crippen molar-refractivity contribution in [2.75, 3.05) is 32.1 Å². The van der Waals surface area contributed by atoms with Crippen molar-refractivity contribution in [1.29, 1.82) is 0 Å². The quantitative estimate of drug-likeness (QED) is 0.858. The van der Waals surface area contributed by atoms with E-state index in [1.54, 1.807) is 0 Å². The van der Waals surface area contributed by atoms with Gasteiger partial charge in [-0.2, -0.15) is 0 Å². The van der Waals surface area contributed by atoms with Crippen LogP contribution in [0.4, 0.5) is 10.1 Å². The molecule has 0 aliphatic carbocycles. The van der Waals surface area contributed by atoms with Crippen LogP contribution in [0.15, 0.2) is 48.5 Å². The van der Waals surface area contributed by atoms with Crippen LogP contribution in [0.2, 0.25) is 0 Å². The lowest BCUT2D eigenvalue weighted by Crippen LogP contribution is -2.29. The van der Waals surface area contributed by atoms with Crippen LogP contribution in [0.25, 0.3) is 0 Å². The molecular weight excluding hydrogens is 307 g/mol. The highest BCUT2D eigenvalue weighted by Crippen LogP contribution is 2.11. The molecule has 1 amide bonds. The van der Waals surface area contributed by atoms with Crippen molar-refractivity contribution in [2.45, 2.75) is 0 Å². The van der Waals surface area contributed by atoms with Gasteiger partial charge in [-0.05, 0) is 48.5 Å². The van der Waals surface area contributed by atoms with Gasteiger partial charge in [-0.1, -0.05) is 11.8 Å². The number of hydrogen-bond donors (Lipinski definition) is 1. The molecule has 2 aromatic carbocycles. The smallest absolute Gasteiger partial charge is 0.258 e. The SMILES string of the molecule is CN(C)c1ccc(C#CCNC(=O)COc2ccc(F)cc2)cc1. The molecule has 0 unspecified atom stereocenters. The zero-order valence-corrected chi connectivity index (χ0v) is 13.7. The van der Waals surface area contributed by atoms with E-state index in [4.69, 9.17) is 4.74 Å². The first-order valence-corrected chi connectivity index (χ1v) is 7.46. The second-order valence-electron chi connectivity index (χ2n) is 5.26. The first kappa shape index (κ1) is 17.4. The van der Waals surface area contributed by atoms with Crippen LogP contribution >= 0.6 is 0 Å². The fraction of sp³-hybridized carbons (Fsp3) is 0.211. The molecule has 0 aromatic heterocycles. The molecule has 0 saturated heterocycles. The summed E-state index contributed by atoms with van der Waals surface area (Å²) in [6.45, 7) is 0.103. The number of anilines is 1. The number of carbonyl (C=O) groups excluding carboxylic acids is 1. The number of hydrogen-bond acceptors (Lipinski definition) is 3. The Balaban J connectivity index is 1.73. The summed E-state index contributed by atoms with van der Waals surface area (Å²) in [4.78, 5) is 13.6. The molecule has 24 heavy (non-hydrogen) atoms. The summed E-state index contributed by atoms with van der Waals surface area (Å²) in [7, 11) is 3.95. The molecule has 0 saturated carbocycles. The van der Waals surface area contributed by atoms with Crippen LogP contribution in [0.5, 0.6) is 5.75 Å². The van der Waals surface area contributed by atoms with E-state index in [1.165, 1.54) is 24.3 Å². The molecule has 0 fully saturated rings. The maximum absolute atomic E-state index is 12.7. The lowest BCUT2D eigenvalue weighted by Gasteiger charge is -2.11. The van der Waals surface area contributed by atoms with Gasteiger partial charge in [0, 0.05) is 25.3 Å². The molecule has 4 nitrogen and oxygen atoms in total. The fourth-order valence-corrected chi connectivity index (χ4v) is 1.86. The van der Waals surface area contributed by atoms with Crippen LogP contribution < -0.4 is 15.0 Å². The third-order valence-electron chi connectivity index (χ3n) is 3.17. The summed E-state index contributed by atoms with van der Waals surface area (Å²) in [5.41, 5.74) is 1.99. The molecule has 1 N–H and O–H groups in total. The minimum Gasteiger partial charge on any atom is -0.484 e. The molecule has 0 radical (unpaired) electrons. The third kappa shape index (κ3) is 5.65. The number of carbonyl (C=O) groups is 1. The topological polar surface area (TPSA) is 41.6 Å². The lowest BCUT2D eigenvalue weighted by molar-refractivity contribution is -0.122. The summed E-state index contributed by atoms with van der Waals surface area (Å²) in [5, 5.41) is 2.64. The Hall–Kier alpha value is -3.00. The van der Waals surface area contributed by atoms with Crippen LogP contribution in [0.1, 0.15) is 5.56 Å². The molecule has 2 aromatic rings. The van der Waals surface area contributed by atoms with Gasteiger partial charge in [0.2, 0.25) is 0 Å². The van der Waals surface area contributed by atoms with E-state index in [2.05, 4.69) is 17.2 Å². The van der Waals surface area contributed by atoms with Gasteiger partial charge in [-0.25, -0.2) is 4.39 Å². The van der Waals surface area contributed by atoms with Gasteiger partial charge in [-0.15, -0.1) is 0 Å². The first-order chi connectivity index (χ1) is 11.5. The van der Waals surface area contributed by atoms with Crippen molar-refractivity contribution < 1.29 is 13.9 Å². The van der Waals surface area contributed by atoms with E-state index < -0.39 is 0 Å². The molecule has 0 aliphatic heterocycles. The molecule has 2 rings (SSSR count). The van der Waals surface area contributed by atoms with Crippen LogP contribution in [-0.2, 0) is 4.79 Å². The van der Waals surface area contributed by atoms with Crippen molar-refractivity contribution in [3.63, 3.8) is 0 Å². The zero-order chi connectivity index (χ0) is 17.4. The minimum absolute atomic E-state index is 0.134. The van der Waals surface area contributed by atoms with Crippen LogP contribution in [0.3, 0.4) is 0 Å². The summed E-state index contributed by atoms with van der Waals surface area (Å²) in [6, 6.07) is 13.3. The number of benzene rings is 2. The fourth-order valence-electron chi connectivity index (χ4n) is 1.86. The Morgan fingerprint density at radius 2 is 1.79 bits per heavy atom. The molecule has 0 aliphatic rings. The molecule has 5 heteroatoms. The second kappa shape index (κ2) is 8.59. The number of nitrogens with one attached hydrogen (secondary N) is 1. The average molecular weight is 326 g/mol. The standard InChI is InChI=1S/C19H19FN2O2/c1-22(2)17-9-5-15(6-10-17)4-3-13-21-19(23)14-24-18-11-7-16(20)8-12-18/h5-12H,13-14H2,1-2H3,(H,21,23). The maximum Gasteiger partial charge on any atom is 0.258 e. The zero-order valence-electron chi connectivity index (χ0n) is 13.7. The van der Waals surface area contributed by atoms with E-state index in [0.29, 0.717) is 5.75 Å². The van der Waals surface area contributed by atoms with E-state index in [-0.39, 0.29) is 24.9 Å². The molecule has 0 atom stereocenters. The van der Waals surface area contributed by atoms with Gasteiger partial charge >= 0.3 is 0 Å². The number of amides is 1. The number of rotatable bonds is 5. The Morgan fingerprint density at radius 1 is 1.12 bits per heavy atom. The molecule has 0 heterocycles. The normalized spacial score (nSPS) is 9.62. The highest BCUT2D eigenvalue weighted by atomic mass is 19.1. The first-order valence-electron chi connectivity index (χ1n) is 7.46. The predicted molar refractivity (Wildman–Crippen MR) is 92.6 cm³/mol. The summed E-state index contributed by atoms with van der Waals surface area (Å²) >= 11 is 0. The highest BCUT2D eigenvalue weighted by Gasteiger charge is 2.01. The van der Waals surface area contributed by atoms with Crippen molar-refractivity contribution in [2.24, 2.45) is 0 Å².